The fourth-order valence-corrected chi connectivity index (χ4v) is 7.74. The molecule has 0 aliphatic carbocycles. The van der Waals surface area contributed by atoms with Gasteiger partial charge in [0.05, 0.1) is 0 Å². The van der Waals surface area contributed by atoms with E-state index in [0.717, 1.165) is 56.6 Å². The van der Waals surface area contributed by atoms with Gasteiger partial charge in [0.1, 0.15) is 0 Å². The van der Waals surface area contributed by atoms with Crippen LogP contribution in [0.1, 0.15) is 102 Å². The summed E-state index contributed by atoms with van der Waals surface area (Å²) in [7, 11) is 0. The zero-order valence-corrected chi connectivity index (χ0v) is 30.9. The third-order valence-electron chi connectivity index (χ3n) is 11.4. The molecule has 0 atom stereocenters. The van der Waals surface area contributed by atoms with Gasteiger partial charge in [-0.25, -0.2) is 0 Å². The molecule has 1 fully saturated rings. The lowest BCUT2D eigenvalue weighted by Crippen LogP contribution is -2.40. The van der Waals surface area contributed by atoms with Gasteiger partial charge in [0, 0.05) is 23.7 Å². The minimum absolute atomic E-state index is 0.129. The van der Waals surface area contributed by atoms with Crippen molar-refractivity contribution in [2.75, 3.05) is 13.1 Å². The first-order valence-electron chi connectivity index (χ1n) is 18.1. The van der Waals surface area contributed by atoms with E-state index < -0.39 is 0 Å². The molecule has 250 valence electrons. The summed E-state index contributed by atoms with van der Waals surface area (Å²) in [6.45, 7) is 20.3. The molecule has 0 spiro atoms. The number of hydrogen-bond acceptors (Lipinski definition) is 2. The summed E-state index contributed by atoms with van der Waals surface area (Å²) in [6.07, 6.45) is 8.84. The Balaban J connectivity index is 1.39. The van der Waals surface area contributed by atoms with Crippen molar-refractivity contribution in [2.24, 2.45) is 0 Å². The number of hydrogen-bond donors (Lipinski definition) is 1. The third-order valence-corrected chi connectivity index (χ3v) is 11.7. The molecule has 0 amide bonds. The van der Waals surface area contributed by atoms with E-state index in [1.807, 2.05) is 0 Å². The third kappa shape index (κ3) is 8.58. The summed E-state index contributed by atoms with van der Waals surface area (Å²) in [5, 5.41) is 4.77. The maximum Gasteiger partial charge on any atom is 0.0441 e. The topological polar surface area (TPSA) is 15.3 Å². The van der Waals surface area contributed by atoms with Crippen molar-refractivity contribution >= 4 is 11.6 Å². The first kappa shape index (κ1) is 35.4. The van der Waals surface area contributed by atoms with Crippen LogP contribution in [0.3, 0.4) is 0 Å². The van der Waals surface area contributed by atoms with Gasteiger partial charge in [-0.05, 0) is 172 Å². The number of nitrogens with one attached hydrogen (secondary N) is 1. The SMILES string of the molecule is CCC(C)(CC)NCc1cc(Cl)c(CCc2cccc(-c3cccc(CN4CCCC4)c3C)c2C)cc1CCc1c(C)cccc1C. The molecule has 3 heteroatoms. The first-order chi connectivity index (χ1) is 22.6. The van der Waals surface area contributed by atoms with E-state index in [4.69, 9.17) is 11.6 Å². The second-order valence-electron chi connectivity index (χ2n) is 14.4. The van der Waals surface area contributed by atoms with Crippen LogP contribution >= 0.6 is 11.6 Å². The van der Waals surface area contributed by atoms with Crippen molar-refractivity contribution < 1.29 is 0 Å². The first-order valence-corrected chi connectivity index (χ1v) is 18.5. The minimum atomic E-state index is 0.129. The van der Waals surface area contributed by atoms with E-state index in [1.165, 1.54) is 92.7 Å². The van der Waals surface area contributed by atoms with Crippen LogP contribution in [0.25, 0.3) is 11.1 Å². The number of likely N-dealkylation sites (tertiary alicyclic amines) is 1. The molecule has 1 aliphatic heterocycles. The van der Waals surface area contributed by atoms with Crippen LogP contribution < -0.4 is 5.32 Å². The van der Waals surface area contributed by atoms with Gasteiger partial charge < -0.3 is 5.32 Å². The smallest absolute Gasteiger partial charge is 0.0441 e. The summed E-state index contributed by atoms with van der Waals surface area (Å²) in [4.78, 5) is 2.60. The van der Waals surface area contributed by atoms with Gasteiger partial charge in [0.2, 0.25) is 0 Å². The molecule has 2 nitrogen and oxygen atoms in total. The summed E-state index contributed by atoms with van der Waals surface area (Å²) in [5.41, 5.74) is 16.8. The molecule has 0 saturated carbocycles. The van der Waals surface area contributed by atoms with Crippen molar-refractivity contribution in [2.45, 2.75) is 118 Å². The Morgan fingerprint density at radius 1 is 0.660 bits per heavy atom. The van der Waals surface area contributed by atoms with Crippen LogP contribution in [-0.4, -0.2) is 23.5 Å². The van der Waals surface area contributed by atoms with Gasteiger partial charge in [0.25, 0.3) is 0 Å². The van der Waals surface area contributed by atoms with Gasteiger partial charge in [-0.15, -0.1) is 0 Å². The fourth-order valence-electron chi connectivity index (χ4n) is 7.45. The molecular formula is C44H57ClN2. The highest BCUT2D eigenvalue weighted by atomic mass is 35.5. The number of halogens is 1. The molecule has 1 N–H and O–H groups in total. The summed E-state index contributed by atoms with van der Waals surface area (Å²) in [5.74, 6) is 0. The molecule has 0 radical (unpaired) electrons. The minimum Gasteiger partial charge on any atom is -0.307 e. The lowest BCUT2D eigenvalue weighted by Gasteiger charge is -2.29. The van der Waals surface area contributed by atoms with Crippen molar-refractivity contribution in [1.82, 2.24) is 10.2 Å². The highest BCUT2D eigenvalue weighted by Crippen LogP contribution is 2.33. The number of rotatable bonds is 14. The molecule has 5 rings (SSSR count). The average Bonchev–Trinajstić information content (AvgIpc) is 3.58. The van der Waals surface area contributed by atoms with Crippen LogP contribution in [0.2, 0.25) is 5.02 Å². The standard InChI is InChI=1S/C44H57ClN2/c1-8-44(7,9-2)46-29-39-28-43(45)37(27-36(39)23-24-40-31(3)15-12-16-32(40)4)22-21-35-17-13-19-41(33(35)5)42-20-14-18-38(34(42)6)30-47-25-10-11-26-47/h12-20,27-28,46H,8-11,21-26,29-30H2,1-7H3. The lowest BCUT2D eigenvalue weighted by atomic mass is 9.89. The second kappa shape index (κ2) is 16.0. The number of benzene rings is 4. The van der Waals surface area contributed by atoms with E-state index in [9.17, 15) is 0 Å². The lowest BCUT2D eigenvalue weighted by molar-refractivity contribution is 0.329. The number of nitrogens with zero attached hydrogens (tertiary/aromatic N) is 1. The Labute approximate surface area is 291 Å². The molecule has 0 aromatic heterocycles. The fraction of sp³-hybridized carbons (Fsp3) is 0.455. The average molecular weight is 649 g/mol. The molecule has 4 aromatic rings. The van der Waals surface area contributed by atoms with E-state index in [0.29, 0.717) is 0 Å². The monoisotopic (exact) mass is 648 g/mol. The van der Waals surface area contributed by atoms with Crippen LogP contribution in [0.15, 0.2) is 66.7 Å². The quantitative estimate of drug-likeness (QED) is 0.146. The van der Waals surface area contributed by atoms with Crippen molar-refractivity contribution in [3.63, 3.8) is 0 Å². The predicted octanol–water partition coefficient (Wildman–Crippen LogP) is 11.1. The van der Waals surface area contributed by atoms with E-state index in [1.54, 1.807) is 0 Å². The summed E-state index contributed by atoms with van der Waals surface area (Å²) in [6, 6.07) is 25.1. The molecule has 1 saturated heterocycles. The number of aryl methyl sites for hydroxylation is 5. The molecule has 0 unspecified atom stereocenters. The molecular weight excluding hydrogens is 592 g/mol. The van der Waals surface area contributed by atoms with E-state index in [2.05, 4.69) is 125 Å². The van der Waals surface area contributed by atoms with E-state index >= 15 is 0 Å². The van der Waals surface area contributed by atoms with Crippen LogP contribution in [0.5, 0.6) is 0 Å². The Bertz CT molecular complexity index is 1640. The van der Waals surface area contributed by atoms with Crippen LogP contribution in [0, 0.1) is 27.7 Å². The molecule has 0 bridgehead atoms. The van der Waals surface area contributed by atoms with Crippen molar-refractivity contribution in [1.29, 1.82) is 0 Å². The maximum absolute atomic E-state index is 7.10. The van der Waals surface area contributed by atoms with Gasteiger partial charge in [0.15, 0.2) is 0 Å². The van der Waals surface area contributed by atoms with Crippen LogP contribution in [0.4, 0.5) is 0 Å². The highest BCUT2D eigenvalue weighted by molar-refractivity contribution is 6.31. The Morgan fingerprint density at radius 3 is 1.85 bits per heavy atom. The van der Waals surface area contributed by atoms with Crippen molar-refractivity contribution in [3.05, 3.63) is 127 Å². The molecule has 47 heavy (non-hydrogen) atoms. The maximum atomic E-state index is 7.10. The van der Waals surface area contributed by atoms with E-state index in [-0.39, 0.29) is 5.54 Å². The zero-order valence-electron chi connectivity index (χ0n) is 30.2. The molecule has 1 aliphatic rings. The Hall–Kier alpha value is -2.91. The second-order valence-corrected chi connectivity index (χ2v) is 14.8. The largest absolute Gasteiger partial charge is 0.307 e. The van der Waals surface area contributed by atoms with Gasteiger partial charge >= 0.3 is 0 Å². The zero-order chi connectivity index (χ0) is 33.6. The van der Waals surface area contributed by atoms with Gasteiger partial charge in [-0.2, -0.15) is 0 Å². The predicted molar refractivity (Wildman–Crippen MR) is 204 cm³/mol. The Kier molecular flexibility index (Phi) is 12.0. The van der Waals surface area contributed by atoms with Crippen molar-refractivity contribution in [3.8, 4) is 11.1 Å². The highest BCUT2D eigenvalue weighted by Gasteiger charge is 2.20. The molecule has 4 aromatic carbocycles. The molecule has 1 heterocycles. The summed E-state index contributed by atoms with van der Waals surface area (Å²) < 4.78 is 0. The summed E-state index contributed by atoms with van der Waals surface area (Å²) >= 11 is 7.10. The van der Waals surface area contributed by atoms with Gasteiger partial charge in [-0.3, -0.25) is 4.90 Å². The van der Waals surface area contributed by atoms with Crippen LogP contribution in [-0.2, 0) is 38.8 Å². The Morgan fingerprint density at radius 2 is 1.21 bits per heavy atom. The van der Waals surface area contributed by atoms with Gasteiger partial charge in [-0.1, -0.05) is 86.1 Å². The normalized spacial score (nSPS) is 13.9.